The first-order chi connectivity index (χ1) is 4.19. The summed E-state index contributed by atoms with van der Waals surface area (Å²) >= 11 is 5.30. The lowest BCUT2D eigenvalue weighted by Crippen LogP contribution is -2.44. The van der Waals surface area contributed by atoms with E-state index in [9.17, 15) is 4.79 Å². The second-order valence-corrected chi connectivity index (χ2v) is 3.72. The van der Waals surface area contributed by atoms with Crippen LogP contribution in [0.25, 0.3) is 0 Å². The number of hydrogen-bond donors (Lipinski definition) is 2. The maximum absolute atomic E-state index is 10.3. The highest BCUT2D eigenvalue weighted by molar-refractivity contribution is 6.32. The minimum Gasteiger partial charge on any atom is -0.478 e. The molecule has 1 unspecified atom stereocenters. The summed E-state index contributed by atoms with van der Waals surface area (Å²) in [7, 11) is 0. The number of alkyl halides is 1. The first kappa shape index (κ1) is 9.72. The Hall–Kier alpha value is -0.280. The third-order valence-electron chi connectivity index (χ3n) is 1.28. The van der Waals surface area contributed by atoms with Gasteiger partial charge in [0.15, 0.2) is 0 Å². The van der Waals surface area contributed by atoms with Crippen molar-refractivity contribution in [3.63, 3.8) is 0 Å². The molecule has 0 aromatic carbocycles. The Kier molecular flexibility index (Phi) is 2.33. The molecule has 0 aliphatic carbocycles. The van der Waals surface area contributed by atoms with E-state index >= 15 is 0 Å². The summed E-state index contributed by atoms with van der Waals surface area (Å²) in [5.41, 5.74) is -0.861. The molecule has 0 spiro atoms. The third kappa shape index (κ3) is 1.61. The van der Waals surface area contributed by atoms with Crippen LogP contribution in [0.2, 0.25) is 0 Å². The predicted octanol–water partition coefficient (Wildman–Crippen LogP) is 1.04. The zero-order chi connectivity index (χ0) is 8.58. The number of carboxylic acids is 1. The van der Waals surface area contributed by atoms with Gasteiger partial charge in [0, 0.05) is 5.41 Å². The highest BCUT2D eigenvalue weighted by Gasteiger charge is 2.45. The van der Waals surface area contributed by atoms with Gasteiger partial charge in [0.1, 0.15) is 0 Å². The van der Waals surface area contributed by atoms with E-state index in [2.05, 4.69) is 0 Å². The molecule has 0 bridgehead atoms. The van der Waals surface area contributed by atoms with Gasteiger partial charge in [-0.05, 0) is 0 Å². The number of halogens is 1. The van der Waals surface area contributed by atoms with Gasteiger partial charge in [-0.3, -0.25) is 0 Å². The minimum atomic E-state index is -2.17. The van der Waals surface area contributed by atoms with E-state index < -0.39 is 16.4 Å². The molecule has 3 nitrogen and oxygen atoms in total. The van der Waals surface area contributed by atoms with E-state index in [1.54, 1.807) is 20.8 Å². The minimum absolute atomic E-state index is 0.861. The summed E-state index contributed by atoms with van der Waals surface area (Å²) < 4.78 is 0. The van der Waals surface area contributed by atoms with Gasteiger partial charge in [-0.2, -0.15) is 0 Å². The van der Waals surface area contributed by atoms with Crippen molar-refractivity contribution in [3.05, 3.63) is 0 Å². The van der Waals surface area contributed by atoms with Crippen LogP contribution in [-0.4, -0.2) is 21.2 Å². The van der Waals surface area contributed by atoms with Gasteiger partial charge in [0.05, 0.1) is 0 Å². The maximum Gasteiger partial charge on any atom is 0.352 e. The van der Waals surface area contributed by atoms with Gasteiger partial charge < -0.3 is 10.2 Å². The topological polar surface area (TPSA) is 57.5 Å². The first-order valence-corrected chi connectivity index (χ1v) is 3.22. The second-order valence-electron chi connectivity index (χ2n) is 3.18. The van der Waals surface area contributed by atoms with E-state index in [1.165, 1.54) is 0 Å². The Morgan fingerprint density at radius 2 is 1.70 bits per heavy atom. The Morgan fingerprint density at radius 3 is 1.70 bits per heavy atom. The molecule has 0 heterocycles. The monoisotopic (exact) mass is 166 g/mol. The van der Waals surface area contributed by atoms with Gasteiger partial charge in [-0.15, -0.1) is 0 Å². The van der Waals surface area contributed by atoms with Gasteiger partial charge in [0.2, 0.25) is 5.06 Å². The molecule has 1 atom stereocenters. The van der Waals surface area contributed by atoms with Gasteiger partial charge in [-0.1, -0.05) is 32.4 Å². The lowest BCUT2D eigenvalue weighted by Gasteiger charge is -2.29. The Bertz CT molecular complexity index is 146. The highest BCUT2D eigenvalue weighted by Crippen LogP contribution is 2.33. The van der Waals surface area contributed by atoms with Crippen molar-refractivity contribution in [2.75, 3.05) is 0 Å². The first-order valence-electron chi connectivity index (χ1n) is 2.84. The van der Waals surface area contributed by atoms with Crippen molar-refractivity contribution in [3.8, 4) is 0 Å². The van der Waals surface area contributed by atoms with Crippen LogP contribution >= 0.6 is 11.6 Å². The molecule has 60 valence electrons. The van der Waals surface area contributed by atoms with E-state index in [-0.39, 0.29) is 0 Å². The lowest BCUT2D eigenvalue weighted by molar-refractivity contribution is -0.157. The van der Waals surface area contributed by atoms with E-state index in [4.69, 9.17) is 21.8 Å². The number of aliphatic hydroxyl groups is 1. The number of carboxylic acid groups (broad SMARTS) is 1. The Morgan fingerprint density at radius 1 is 1.40 bits per heavy atom. The van der Waals surface area contributed by atoms with Crippen molar-refractivity contribution in [1.82, 2.24) is 0 Å². The molecule has 0 radical (unpaired) electrons. The normalized spacial score (nSPS) is 18.1. The summed E-state index contributed by atoms with van der Waals surface area (Å²) in [4.78, 5) is 10.3. The average Bonchev–Trinajstić information content (AvgIpc) is 1.62. The molecule has 0 aliphatic rings. The van der Waals surface area contributed by atoms with Crippen molar-refractivity contribution in [1.29, 1.82) is 0 Å². The van der Waals surface area contributed by atoms with Crippen LogP contribution in [0.3, 0.4) is 0 Å². The third-order valence-corrected chi connectivity index (χ3v) is 2.01. The molecule has 4 heteroatoms. The zero-order valence-electron chi connectivity index (χ0n) is 6.18. The predicted molar refractivity (Wildman–Crippen MR) is 37.9 cm³/mol. The van der Waals surface area contributed by atoms with Crippen LogP contribution in [0.4, 0.5) is 0 Å². The van der Waals surface area contributed by atoms with Gasteiger partial charge in [-0.25, -0.2) is 4.79 Å². The molecule has 0 saturated heterocycles. The van der Waals surface area contributed by atoms with E-state index in [0.29, 0.717) is 0 Å². The Balaban J connectivity index is 4.57. The number of rotatable bonds is 1. The summed E-state index contributed by atoms with van der Waals surface area (Å²) in [6.45, 7) is 4.65. The quantitative estimate of drug-likeness (QED) is 0.573. The fraction of sp³-hybridized carbons (Fsp3) is 0.833. The molecule has 0 amide bonds. The second kappa shape index (κ2) is 2.40. The van der Waals surface area contributed by atoms with E-state index in [0.717, 1.165) is 0 Å². The van der Waals surface area contributed by atoms with Crippen LogP contribution < -0.4 is 0 Å². The molecule has 0 aromatic rings. The van der Waals surface area contributed by atoms with Crippen LogP contribution in [0.5, 0.6) is 0 Å². The molecular formula is C6H11ClO3. The van der Waals surface area contributed by atoms with Crippen molar-refractivity contribution in [2.45, 2.75) is 25.8 Å². The number of hydrogen-bond acceptors (Lipinski definition) is 2. The smallest absolute Gasteiger partial charge is 0.352 e. The molecule has 2 N–H and O–H groups in total. The molecule has 0 fully saturated rings. The van der Waals surface area contributed by atoms with Crippen molar-refractivity contribution < 1.29 is 15.0 Å². The van der Waals surface area contributed by atoms with Gasteiger partial charge >= 0.3 is 5.97 Å². The number of carbonyl (C=O) groups is 1. The Labute approximate surface area is 64.6 Å². The van der Waals surface area contributed by atoms with E-state index in [1.807, 2.05) is 0 Å². The summed E-state index contributed by atoms with van der Waals surface area (Å²) in [6.07, 6.45) is 0. The standard InChI is InChI=1S/C6H11ClO3/c1-5(2,3)6(7,10)4(8)9/h10H,1-3H3,(H,8,9). The SMILES string of the molecule is CC(C)(C)C(O)(Cl)C(=O)O. The van der Waals surface area contributed by atoms with Crippen LogP contribution in [0.1, 0.15) is 20.8 Å². The number of aliphatic carboxylic acids is 1. The zero-order valence-corrected chi connectivity index (χ0v) is 6.94. The summed E-state index contributed by atoms with van der Waals surface area (Å²) in [5.74, 6) is -1.42. The average molecular weight is 167 g/mol. The fourth-order valence-electron chi connectivity index (χ4n) is 0.321. The van der Waals surface area contributed by atoms with Crippen LogP contribution in [0.15, 0.2) is 0 Å². The van der Waals surface area contributed by atoms with Crippen molar-refractivity contribution >= 4 is 17.6 Å². The van der Waals surface area contributed by atoms with Gasteiger partial charge in [0.25, 0.3) is 0 Å². The largest absolute Gasteiger partial charge is 0.478 e. The lowest BCUT2D eigenvalue weighted by atomic mass is 9.88. The van der Waals surface area contributed by atoms with Crippen LogP contribution in [0, 0.1) is 5.41 Å². The molecule has 0 aromatic heterocycles. The summed E-state index contributed by atoms with van der Waals surface area (Å²) in [6, 6.07) is 0. The van der Waals surface area contributed by atoms with Crippen molar-refractivity contribution in [2.24, 2.45) is 5.41 Å². The molecular weight excluding hydrogens is 156 g/mol. The molecule has 0 aliphatic heterocycles. The molecule has 0 rings (SSSR count). The molecule has 10 heavy (non-hydrogen) atoms. The summed E-state index contributed by atoms with van der Waals surface area (Å²) in [5, 5.41) is 15.3. The highest BCUT2D eigenvalue weighted by atomic mass is 35.5. The van der Waals surface area contributed by atoms with Crippen LogP contribution in [-0.2, 0) is 4.79 Å². The fourth-order valence-corrected chi connectivity index (χ4v) is 0.321. The molecule has 0 saturated carbocycles. The maximum atomic E-state index is 10.3.